The van der Waals surface area contributed by atoms with E-state index in [0.717, 1.165) is 6.42 Å². The maximum absolute atomic E-state index is 7.28. The smallest absolute Gasteiger partial charge is 0.0310 e. The fraction of sp³-hybridized carbons (Fsp3) is 0.750. The lowest BCUT2D eigenvalue weighted by molar-refractivity contribution is 0.675. The Morgan fingerprint density at radius 3 is 2.75 bits per heavy atom. The van der Waals surface area contributed by atoms with Gasteiger partial charge in [0.2, 0.25) is 0 Å². The molecule has 1 unspecified atom stereocenters. The number of unbranched alkanes of at least 4 members (excludes halogenated alkanes) is 2. The van der Waals surface area contributed by atoms with Crippen molar-refractivity contribution in [2.24, 2.45) is 0 Å². The van der Waals surface area contributed by atoms with E-state index in [1.807, 2.05) is 0 Å². The maximum atomic E-state index is 7.28. The minimum Gasteiger partial charge on any atom is -0.103 e. The highest BCUT2D eigenvalue weighted by molar-refractivity contribution is 4.64. The Morgan fingerprint density at radius 1 is 1.50 bits per heavy atom. The van der Waals surface area contributed by atoms with Crippen molar-refractivity contribution in [1.29, 1.82) is 0 Å². The molecule has 0 fully saturated rings. The van der Waals surface area contributed by atoms with Crippen molar-refractivity contribution in [3.63, 3.8) is 0 Å². The number of hydrogen-bond donors (Lipinski definition) is 0. The van der Waals surface area contributed by atoms with Crippen LogP contribution in [0.15, 0.2) is 12.7 Å². The third-order valence-corrected chi connectivity index (χ3v) is 1.14. The highest BCUT2D eigenvalue weighted by atomic mass is 13.9. The lowest BCUT2D eigenvalue weighted by Crippen LogP contribution is -1.71. The minimum absolute atomic E-state index is 0.0310. The molecule has 0 bridgehead atoms. The summed E-state index contributed by atoms with van der Waals surface area (Å²) in [7, 11) is 0. The first kappa shape index (κ1) is 5.87. The fourth-order valence-electron chi connectivity index (χ4n) is 0.630. The molecule has 0 rings (SSSR count). The van der Waals surface area contributed by atoms with Gasteiger partial charge in [-0.15, -0.1) is 6.58 Å². The van der Waals surface area contributed by atoms with E-state index in [1.165, 1.54) is 19.3 Å². The van der Waals surface area contributed by atoms with Crippen LogP contribution in [0.3, 0.4) is 0 Å². The lowest BCUT2D eigenvalue weighted by Gasteiger charge is -1.91. The van der Waals surface area contributed by atoms with E-state index in [-0.39, 0.29) is 6.40 Å². The van der Waals surface area contributed by atoms with Gasteiger partial charge in [-0.1, -0.05) is 32.3 Å². The van der Waals surface area contributed by atoms with Gasteiger partial charge in [-0.3, -0.25) is 0 Å². The van der Waals surface area contributed by atoms with Crippen LogP contribution < -0.4 is 0 Å². The van der Waals surface area contributed by atoms with Gasteiger partial charge in [-0.25, -0.2) is 0 Å². The van der Waals surface area contributed by atoms with Gasteiger partial charge in [0.15, 0.2) is 0 Å². The van der Waals surface area contributed by atoms with Gasteiger partial charge in [-0.2, -0.15) is 0 Å². The van der Waals surface area contributed by atoms with Crippen molar-refractivity contribution in [3.05, 3.63) is 12.7 Å². The molecular weight excluding hydrogens is 96.1 g/mol. The van der Waals surface area contributed by atoms with Crippen LogP contribution in [0.5, 0.6) is 0 Å². The average Bonchev–Trinajstić information content (AvgIpc) is 1.89. The summed E-state index contributed by atoms with van der Waals surface area (Å²) in [5.74, 6) is 0. The second-order valence-electron chi connectivity index (χ2n) is 1.97. The molecule has 0 aliphatic carbocycles. The summed E-state index contributed by atoms with van der Waals surface area (Å²) in [5, 5.41) is 0. The summed E-state index contributed by atoms with van der Waals surface area (Å²) in [6.45, 7) is 5.73. The Kier molecular flexibility index (Phi) is 4.94. The third-order valence-electron chi connectivity index (χ3n) is 1.14. The van der Waals surface area contributed by atoms with Gasteiger partial charge in [0.1, 0.15) is 0 Å². The van der Waals surface area contributed by atoms with E-state index in [4.69, 9.17) is 1.37 Å². The van der Waals surface area contributed by atoms with Crippen molar-refractivity contribution in [2.75, 3.05) is 0 Å². The Labute approximate surface area is 54.0 Å². The molecule has 1 atom stereocenters. The fourth-order valence-corrected chi connectivity index (χ4v) is 0.630. The molecule has 0 aliphatic heterocycles. The highest BCUT2D eigenvalue weighted by Crippen LogP contribution is 2.01. The molecule has 0 nitrogen and oxygen atoms in total. The predicted octanol–water partition coefficient (Wildman–Crippen LogP) is 3.14. The van der Waals surface area contributed by atoms with E-state index in [2.05, 4.69) is 13.5 Å². The molecule has 8 heavy (non-hydrogen) atoms. The SMILES string of the molecule is [2H]C(C=C)CCCCC. The van der Waals surface area contributed by atoms with Gasteiger partial charge >= 0.3 is 0 Å². The van der Waals surface area contributed by atoms with Crippen LogP contribution in [0.2, 0.25) is 0 Å². The molecule has 0 heterocycles. The largest absolute Gasteiger partial charge is 0.103 e. The molecule has 0 saturated carbocycles. The van der Waals surface area contributed by atoms with Crippen molar-refractivity contribution < 1.29 is 1.37 Å². The van der Waals surface area contributed by atoms with Crippen LogP contribution in [-0.2, 0) is 0 Å². The average molecular weight is 113 g/mol. The minimum atomic E-state index is -0.0310. The van der Waals surface area contributed by atoms with Crippen molar-refractivity contribution in [3.8, 4) is 0 Å². The van der Waals surface area contributed by atoms with Crippen molar-refractivity contribution >= 4 is 0 Å². The second kappa shape index (κ2) is 6.74. The quantitative estimate of drug-likeness (QED) is 0.379. The first-order valence-corrected chi connectivity index (χ1v) is 3.36. The summed E-state index contributed by atoms with van der Waals surface area (Å²) in [6, 6.07) is 0. The normalized spacial score (nSPS) is 14.9. The Balaban J connectivity index is 2.96. The van der Waals surface area contributed by atoms with E-state index < -0.39 is 0 Å². The van der Waals surface area contributed by atoms with E-state index >= 15 is 0 Å². The zero-order valence-electron chi connectivity index (χ0n) is 6.69. The Hall–Kier alpha value is -0.260. The van der Waals surface area contributed by atoms with Gasteiger partial charge in [0.05, 0.1) is 0 Å². The summed E-state index contributed by atoms with van der Waals surface area (Å²) in [6.07, 6.45) is 6.33. The first-order chi connectivity index (χ1) is 4.31. The summed E-state index contributed by atoms with van der Waals surface area (Å²) in [4.78, 5) is 0. The molecule has 0 heteroatoms. The second-order valence-corrected chi connectivity index (χ2v) is 1.97. The van der Waals surface area contributed by atoms with E-state index in [1.54, 1.807) is 6.08 Å². The van der Waals surface area contributed by atoms with Gasteiger partial charge in [0, 0.05) is 1.37 Å². The molecule has 0 aromatic carbocycles. The van der Waals surface area contributed by atoms with Gasteiger partial charge in [-0.05, 0) is 12.8 Å². The summed E-state index contributed by atoms with van der Waals surface area (Å²) in [5.41, 5.74) is 0. The van der Waals surface area contributed by atoms with Crippen molar-refractivity contribution in [2.45, 2.75) is 39.0 Å². The van der Waals surface area contributed by atoms with E-state index in [0.29, 0.717) is 0 Å². The number of rotatable bonds is 5. The standard InChI is InChI=1S/C8H16/c1-3-5-7-8-6-4-2/h3H,1,4-8H2,2H3/i5D. The van der Waals surface area contributed by atoms with Crippen LogP contribution in [0.25, 0.3) is 0 Å². The lowest BCUT2D eigenvalue weighted by atomic mass is 10.2. The summed E-state index contributed by atoms with van der Waals surface area (Å²) < 4.78 is 7.28. The third kappa shape index (κ3) is 5.74. The van der Waals surface area contributed by atoms with Crippen LogP contribution in [0.1, 0.15) is 40.4 Å². The molecule has 0 aromatic rings. The first-order valence-electron chi connectivity index (χ1n) is 3.93. The van der Waals surface area contributed by atoms with Crippen LogP contribution in [0.4, 0.5) is 0 Å². The van der Waals surface area contributed by atoms with Crippen LogP contribution in [0, 0.1) is 0 Å². The Bertz CT molecular complexity index is 69.0. The zero-order valence-corrected chi connectivity index (χ0v) is 5.69. The molecule has 0 saturated heterocycles. The molecule has 0 N–H and O–H groups in total. The number of hydrogen-bond acceptors (Lipinski definition) is 0. The number of allylic oxidation sites excluding steroid dienone is 1. The van der Waals surface area contributed by atoms with Crippen LogP contribution in [-0.4, -0.2) is 0 Å². The molecule has 0 radical (unpaired) electrons. The highest BCUT2D eigenvalue weighted by Gasteiger charge is 1.81. The molecule has 0 spiro atoms. The molecule has 0 amide bonds. The van der Waals surface area contributed by atoms with E-state index in [9.17, 15) is 0 Å². The molecule has 0 aromatic heterocycles. The van der Waals surface area contributed by atoms with Crippen molar-refractivity contribution in [1.82, 2.24) is 0 Å². The summed E-state index contributed by atoms with van der Waals surface area (Å²) >= 11 is 0. The topological polar surface area (TPSA) is 0 Å². The molecular formula is C8H16. The Morgan fingerprint density at radius 2 is 2.25 bits per heavy atom. The predicted molar refractivity (Wildman–Crippen MR) is 39.0 cm³/mol. The molecule has 48 valence electrons. The van der Waals surface area contributed by atoms with Gasteiger partial charge < -0.3 is 0 Å². The molecule has 0 aliphatic rings. The monoisotopic (exact) mass is 113 g/mol. The maximum Gasteiger partial charge on any atom is 0.0310 e. The van der Waals surface area contributed by atoms with Crippen LogP contribution >= 0.6 is 0 Å². The van der Waals surface area contributed by atoms with Gasteiger partial charge in [0.25, 0.3) is 0 Å². The zero-order chi connectivity index (χ0) is 7.11.